The Kier molecular flexibility index (Phi) is 5.34. The first-order valence-corrected chi connectivity index (χ1v) is 8.08. The van der Waals surface area contributed by atoms with Crippen LogP contribution in [0.25, 0.3) is 0 Å². The van der Waals surface area contributed by atoms with Crippen LogP contribution in [0, 0.1) is 17.8 Å². The normalized spacial score (nSPS) is 32.8. The second kappa shape index (κ2) is 6.78. The van der Waals surface area contributed by atoms with Gasteiger partial charge < -0.3 is 5.32 Å². The minimum Gasteiger partial charge on any atom is -0.314 e. The minimum absolute atomic E-state index is 0.844. The first-order chi connectivity index (χ1) is 8.35. The number of rotatable bonds is 5. The molecule has 3 atom stereocenters. The molecule has 0 radical (unpaired) electrons. The van der Waals surface area contributed by atoms with Crippen molar-refractivity contribution in [2.75, 3.05) is 6.54 Å². The van der Waals surface area contributed by atoms with Crippen molar-refractivity contribution in [3.8, 4) is 0 Å². The molecule has 3 unspecified atom stereocenters. The first kappa shape index (κ1) is 13.4. The molecule has 17 heavy (non-hydrogen) atoms. The van der Waals surface area contributed by atoms with Crippen LogP contribution in [0.2, 0.25) is 0 Å². The van der Waals surface area contributed by atoms with Crippen molar-refractivity contribution < 1.29 is 0 Å². The second-order valence-electron chi connectivity index (χ2n) is 6.33. The molecule has 0 aromatic rings. The SMILES string of the molecule is CCNC(C1CCCCC1)C1CCC(CC)C1. The summed E-state index contributed by atoms with van der Waals surface area (Å²) in [6, 6.07) is 0.844. The molecule has 0 saturated heterocycles. The molecule has 100 valence electrons. The molecule has 0 bridgehead atoms. The van der Waals surface area contributed by atoms with Gasteiger partial charge in [-0.05, 0) is 50.0 Å². The van der Waals surface area contributed by atoms with Crippen molar-refractivity contribution in [1.29, 1.82) is 0 Å². The van der Waals surface area contributed by atoms with Gasteiger partial charge in [-0.2, -0.15) is 0 Å². The predicted molar refractivity (Wildman–Crippen MR) is 75.2 cm³/mol. The van der Waals surface area contributed by atoms with Gasteiger partial charge in [0.2, 0.25) is 0 Å². The summed E-state index contributed by atoms with van der Waals surface area (Å²) in [5.74, 6) is 3.01. The summed E-state index contributed by atoms with van der Waals surface area (Å²) in [6.07, 6.45) is 13.3. The van der Waals surface area contributed by atoms with E-state index in [0.717, 1.165) is 30.3 Å². The first-order valence-electron chi connectivity index (χ1n) is 8.08. The Morgan fingerprint density at radius 3 is 2.29 bits per heavy atom. The van der Waals surface area contributed by atoms with Crippen LogP contribution in [0.1, 0.15) is 71.6 Å². The molecular weight excluding hydrogens is 206 g/mol. The topological polar surface area (TPSA) is 12.0 Å². The van der Waals surface area contributed by atoms with Gasteiger partial charge in [0.25, 0.3) is 0 Å². The Morgan fingerprint density at radius 2 is 1.71 bits per heavy atom. The van der Waals surface area contributed by atoms with E-state index in [1.165, 1.54) is 57.8 Å². The highest BCUT2D eigenvalue weighted by Gasteiger charge is 2.34. The van der Waals surface area contributed by atoms with Gasteiger partial charge in [-0.15, -0.1) is 0 Å². The summed E-state index contributed by atoms with van der Waals surface area (Å²) >= 11 is 0. The van der Waals surface area contributed by atoms with E-state index in [4.69, 9.17) is 0 Å². The van der Waals surface area contributed by atoms with Gasteiger partial charge in [-0.1, -0.05) is 46.0 Å². The molecule has 2 rings (SSSR count). The van der Waals surface area contributed by atoms with Crippen LogP contribution in [0.3, 0.4) is 0 Å². The number of hydrogen-bond acceptors (Lipinski definition) is 1. The van der Waals surface area contributed by atoms with E-state index in [0.29, 0.717) is 0 Å². The maximum Gasteiger partial charge on any atom is 0.0124 e. The molecule has 2 aliphatic rings. The van der Waals surface area contributed by atoms with E-state index in [1.807, 2.05) is 0 Å². The van der Waals surface area contributed by atoms with Gasteiger partial charge >= 0.3 is 0 Å². The quantitative estimate of drug-likeness (QED) is 0.748. The van der Waals surface area contributed by atoms with Gasteiger partial charge in [0.05, 0.1) is 0 Å². The average molecular weight is 237 g/mol. The summed E-state index contributed by atoms with van der Waals surface area (Å²) in [4.78, 5) is 0. The summed E-state index contributed by atoms with van der Waals surface area (Å²) in [7, 11) is 0. The van der Waals surface area contributed by atoms with Gasteiger partial charge in [0, 0.05) is 6.04 Å². The maximum atomic E-state index is 3.84. The van der Waals surface area contributed by atoms with Crippen LogP contribution in [-0.2, 0) is 0 Å². The second-order valence-corrected chi connectivity index (χ2v) is 6.33. The van der Waals surface area contributed by atoms with E-state index < -0.39 is 0 Å². The molecule has 1 nitrogen and oxygen atoms in total. The molecule has 2 saturated carbocycles. The van der Waals surface area contributed by atoms with Crippen molar-refractivity contribution in [1.82, 2.24) is 5.32 Å². The zero-order valence-corrected chi connectivity index (χ0v) is 11.9. The zero-order valence-electron chi connectivity index (χ0n) is 11.9. The zero-order chi connectivity index (χ0) is 12.1. The molecule has 0 aromatic heterocycles. The molecule has 2 fully saturated rings. The van der Waals surface area contributed by atoms with Gasteiger partial charge in [-0.3, -0.25) is 0 Å². The third-order valence-corrected chi connectivity index (χ3v) is 5.26. The summed E-state index contributed by atoms with van der Waals surface area (Å²) in [5, 5.41) is 3.84. The summed E-state index contributed by atoms with van der Waals surface area (Å²) < 4.78 is 0. The van der Waals surface area contributed by atoms with Gasteiger partial charge in [-0.25, -0.2) is 0 Å². The molecule has 1 heteroatoms. The Morgan fingerprint density at radius 1 is 0.941 bits per heavy atom. The molecule has 0 aliphatic heterocycles. The van der Waals surface area contributed by atoms with E-state index in [2.05, 4.69) is 19.2 Å². The molecule has 0 heterocycles. The van der Waals surface area contributed by atoms with Crippen LogP contribution in [0.5, 0.6) is 0 Å². The number of hydrogen-bond donors (Lipinski definition) is 1. The Bertz CT molecular complexity index is 208. The van der Waals surface area contributed by atoms with Crippen LogP contribution in [0.15, 0.2) is 0 Å². The predicted octanol–water partition coefficient (Wildman–Crippen LogP) is 4.37. The lowest BCUT2D eigenvalue weighted by Gasteiger charge is -2.35. The molecule has 0 aromatic carbocycles. The lowest BCUT2D eigenvalue weighted by atomic mass is 9.77. The molecule has 0 amide bonds. The maximum absolute atomic E-state index is 3.84. The van der Waals surface area contributed by atoms with Crippen molar-refractivity contribution in [2.24, 2.45) is 17.8 Å². The molecular formula is C16H31N. The average Bonchev–Trinajstić information content (AvgIpc) is 2.85. The molecule has 1 N–H and O–H groups in total. The van der Waals surface area contributed by atoms with E-state index in [1.54, 1.807) is 0 Å². The lowest BCUT2D eigenvalue weighted by Crippen LogP contribution is -2.42. The van der Waals surface area contributed by atoms with Crippen LogP contribution in [-0.4, -0.2) is 12.6 Å². The van der Waals surface area contributed by atoms with E-state index >= 15 is 0 Å². The van der Waals surface area contributed by atoms with Crippen LogP contribution < -0.4 is 5.32 Å². The molecule has 0 spiro atoms. The Hall–Kier alpha value is -0.0400. The fourth-order valence-electron chi connectivity index (χ4n) is 4.26. The Balaban J connectivity index is 1.91. The standard InChI is InChI=1S/C16H31N/c1-3-13-10-11-15(12-13)16(17-4-2)14-8-6-5-7-9-14/h13-17H,3-12H2,1-2H3. The highest BCUT2D eigenvalue weighted by Crippen LogP contribution is 2.40. The largest absolute Gasteiger partial charge is 0.314 e. The fraction of sp³-hybridized carbons (Fsp3) is 1.00. The smallest absolute Gasteiger partial charge is 0.0124 e. The van der Waals surface area contributed by atoms with Gasteiger partial charge in [0.15, 0.2) is 0 Å². The highest BCUT2D eigenvalue weighted by molar-refractivity contribution is 4.89. The van der Waals surface area contributed by atoms with Crippen molar-refractivity contribution in [2.45, 2.75) is 77.7 Å². The minimum atomic E-state index is 0.844. The third-order valence-electron chi connectivity index (χ3n) is 5.26. The lowest BCUT2D eigenvalue weighted by molar-refractivity contribution is 0.206. The molecule has 2 aliphatic carbocycles. The fourth-order valence-corrected chi connectivity index (χ4v) is 4.26. The van der Waals surface area contributed by atoms with Crippen molar-refractivity contribution in [3.63, 3.8) is 0 Å². The monoisotopic (exact) mass is 237 g/mol. The van der Waals surface area contributed by atoms with Gasteiger partial charge in [0.1, 0.15) is 0 Å². The third kappa shape index (κ3) is 3.47. The van der Waals surface area contributed by atoms with Crippen molar-refractivity contribution in [3.05, 3.63) is 0 Å². The van der Waals surface area contributed by atoms with Crippen LogP contribution in [0.4, 0.5) is 0 Å². The van der Waals surface area contributed by atoms with E-state index in [-0.39, 0.29) is 0 Å². The summed E-state index contributed by atoms with van der Waals surface area (Å²) in [6.45, 7) is 5.81. The Labute approximate surface area is 108 Å². The highest BCUT2D eigenvalue weighted by atomic mass is 14.9. The van der Waals surface area contributed by atoms with Crippen LogP contribution >= 0.6 is 0 Å². The van der Waals surface area contributed by atoms with E-state index in [9.17, 15) is 0 Å². The summed E-state index contributed by atoms with van der Waals surface area (Å²) in [5.41, 5.74) is 0. The number of nitrogens with one attached hydrogen (secondary N) is 1. The van der Waals surface area contributed by atoms with Crippen molar-refractivity contribution >= 4 is 0 Å².